The van der Waals surface area contributed by atoms with Crippen LogP contribution in [0.25, 0.3) is 0 Å². The maximum Gasteiger partial charge on any atom is 0.229 e. The highest BCUT2D eigenvalue weighted by molar-refractivity contribution is 5.97. The fraction of sp³-hybridized carbons (Fsp3) is 0.391. The van der Waals surface area contributed by atoms with E-state index in [-0.39, 0.29) is 30.0 Å². The van der Waals surface area contributed by atoms with E-state index >= 15 is 0 Å². The molecule has 2 aliphatic heterocycles. The number of anilines is 2. The van der Waals surface area contributed by atoms with Gasteiger partial charge >= 0.3 is 0 Å². The number of hydrogen-bond donors (Lipinski definition) is 1. The number of carbonyl (C=O) groups excluding carboxylic acids is 2. The molecule has 1 N–H and O–H groups in total. The maximum atomic E-state index is 13.0. The molecule has 1 atom stereocenters. The van der Waals surface area contributed by atoms with Crippen molar-refractivity contribution in [3.63, 3.8) is 0 Å². The third kappa shape index (κ3) is 4.75. The number of carbonyl (C=O) groups is 2. The van der Waals surface area contributed by atoms with Crippen LogP contribution in [0.3, 0.4) is 0 Å². The second-order valence-electron chi connectivity index (χ2n) is 7.89. The van der Waals surface area contributed by atoms with E-state index in [1.165, 1.54) is 37.1 Å². The van der Waals surface area contributed by atoms with Crippen molar-refractivity contribution in [2.75, 3.05) is 29.9 Å². The van der Waals surface area contributed by atoms with Crippen molar-refractivity contribution in [3.8, 4) is 0 Å². The molecule has 0 bridgehead atoms. The smallest absolute Gasteiger partial charge is 0.229 e. The first-order valence-corrected chi connectivity index (χ1v) is 10.3. The van der Waals surface area contributed by atoms with Crippen LogP contribution in [-0.2, 0) is 16.1 Å². The molecule has 0 aromatic heterocycles. The van der Waals surface area contributed by atoms with Gasteiger partial charge < -0.3 is 15.1 Å². The van der Waals surface area contributed by atoms with Crippen LogP contribution in [-0.4, -0.2) is 36.3 Å². The third-order valence-electron chi connectivity index (χ3n) is 5.73. The quantitative estimate of drug-likeness (QED) is 0.838. The van der Waals surface area contributed by atoms with E-state index in [0.29, 0.717) is 13.1 Å². The van der Waals surface area contributed by atoms with Crippen molar-refractivity contribution in [1.82, 2.24) is 4.90 Å². The van der Waals surface area contributed by atoms with Crippen LogP contribution in [0, 0.1) is 11.7 Å². The Hall–Kier alpha value is -2.89. The Morgan fingerprint density at radius 1 is 1.00 bits per heavy atom. The van der Waals surface area contributed by atoms with Crippen molar-refractivity contribution in [2.24, 2.45) is 5.92 Å². The largest absolute Gasteiger partial charge is 0.372 e. The van der Waals surface area contributed by atoms with Gasteiger partial charge in [0.25, 0.3) is 0 Å². The van der Waals surface area contributed by atoms with Gasteiger partial charge in [-0.2, -0.15) is 0 Å². The van der Waals surface area contributed by atoms with Crippen molar-refractivity contribution < 1.29 is 14.0 Å². The van der Waals surface area contributed by atoms with E-state index in [1.807, 2.05) is 24.3 Å². The van der Waals surface area contributed by atoms with E-state index in [0.717, 1.165) is 24.3 Å². The lowest BCUT2D eigenvalue weighted by atomic mass is 10.1. The summed E-state index contributed by atoms with van der Waals surface area (Å²) in [5, 5.41) is 2.94. The maximum absolute atomic E-state index is 13.0. The molecule has 5 nitrogen and oxygen atoms in total. The van der Waals surface area contributed by atoms with Crippen molar-refractivity contribution >= 4 is 23.2 Å². The summed E-state index contributed by atoms with van der Waals surface area (Å²) in [6, 6.07) is 14.0. The van der Waals surface area contributed by atoms with Crippen molar-refractivity contribution in [3.05, 3.63) is 59.9 Å². The predicted octanol–water partition coefficient (Wildman–Crippen LogP) is 3.80. The molecule has 2 aromatic rings. The predicted molar refractivity (Wildman–Crippen MR) is 111 cm³/mol. The van der Waals surface area contributed by atoms with Gasteiger partial charge in [0.2, 0.25) is 11.8 Å². The van der Waals surface area contributed by atoms with Gasteiger partial charge in [-0.15, -0.1) is 0 Å². The summed E-state index contributed by atoms with van der Waals surface area (Å²) in [6.07, 6.45) is 3.95. The average molecular weight is 395 g/mol. The summed E-state index contributed by atoms with van der Waals surface area (Å²) in [5.74, 6) is -0.852. The van der Waals surface area contributed by atoms with Crippen LogP contribution >= 0.6 is 0 Å². The Morgan fingerprint density at radius 2 is 1.69 bits per heavy atom. The Labute approximate surface area is 170 Å². The van der Waals surface area contributed by atoms with E-state index < -0.39 is 0 Å². The minimum Gasteiger partial charge on any atom is -0.372 e. The van der Waals surface area contributed by atoms with Gasteiger partial charge in [-0.25, -0.2) is 4.39 Å². The monoisotopic (exact) mass is 395 g/mol. The lowest BCUT2D eigenvalue weighted by Crippen LogP contribution is -2.29. The number of amides is 2. The molecule has 2 fully saturated rings. The van der Waals surface area contributed by atoms with E-state index in [9.17, 15) is 14.0 Å². The molecule has 2 amide bonds. The normalized spacial score (nSPS) is 19.5. The number of likely N-dealkylation sites (tertiary alicyclic amines) is 1. The molecule has 2 aliphatic rings. The first kappa shape index (κ1) is 19.4. The van der Waals surface area contributed by atoms with Crippen molar-refractivity contribution in [1.29, 1.82) is 0 Å². The second kappa shape index (κ2) is 8.64. The molecule has 1 unspecified atom stereocenters. The Balaban J connectivity index is 1.32. The minimum absolute atomic E-state index is 0.0464. The van der Waals surface area contributed by atoms with Crippen LogP contribution in [0.15, 0.2) is 48.5 Å². The standard InChI is InChI=1S/C23H26FN3O2/c24-19-6-4-17(5-7-19)15-27-16-18(14-22(27)28)23(29)25-20-8-10-21(11-9-20)26-12-2-1-3-13-26/h4-11,18H,1-3,12-16H2,(H,25,29). The first-order valence-electron chi connectivity index (χ1n) is 10.3. The molecule has 0 spiro atoms. The number of halogens is 1. The molecule has 0 saturated carbocycles. The van der Waals surface area contributed by atoms with E-state index in [4.69, 9.17) is 0 Å². The molecule has 2 heterocycles. The molecule has 0 radical (unpaired) electrons. The van der Waals surface area contributed by atoms with Crippen LogP contribution in [0.4, 0.5) is 15.8 Å². The Kier molecular flexibility index (Phi) is 5.79. The first-order chi connectivity index (χ1) is 14.1. The summed E-state index contributed by atoms with van der Waals surface area (Å²) in [7, 11) is 0. The lowest BCUT2D eigenvalue weighted by molar-refractivity contribution is -0.128. The Bertz CT molecular complexity index is 861. The fourth-order valence-electron chi connectivity index (χ4n) is 4.06. The highest BCUT2D eigenvalue weighted by Crippen LogP contribution is 2.24. The number of hydrogen-bond acceptors (Lipinski definition) is 3. The second-order valence-corrected chi connectivity index (χ2v) is 7.89. The van der Waals surface area contributed by atoms with Gasteiger partial charge in [0, 0.05) is 44.0 Å². The minimum atomic E-state index is -0.371. The summed E-state index contributed by atoms with van der Waals surface area (Å²) < 4.78 is 13.0. The topological polar surface area (TPSA) is 52.7 Å². The third-order valence-corrected chi connectivity index (χ3v) is 5.73. The number of nitrogens with zero attached hydrogens (tertiary/aromatic N) is 2. The molecule has 29 heavy (non-hydrogen) atoms. The van der Waals surface area contributed by atoms with E-state index in [2.05, 4.69) is 10.2 Å². The highest BCUT2D eigenvalue weighted by atomic mass is 19.1. The Morgan fingerprint density at radius 3 is 2.38 bits per heavy atom. The zero-order valence-electron chi connectivity index (χ0n) is 16.4. The van der Waals surface area contributed by atoms with Gasteiger partial charge in [0.15, 0.2) is 0 Å². The number of rotatable bonds is 5. The molecular weight excluding hydrogens is 369 g/mol. The molecule has 6 heteroatoms. The van der Waals surface area contributed by atoms with Gasteiger partial charge in [-0.1, -0.05) is 12.1 Å². The summed E-state index contributed by atoms with van der Waals surface area (Å²) in [5.41, 5.74) is 2.79. The highest BCUT2D eigenvalue weighted by Gasteiger charge is 2.34. The summed E-state index contributed by atoms with van der Waals surface area (Å²) in [6.45, 7) is 2.95. The lowest BCUT2D eigenvalue weighted by Gasteiger charge is -2.28. The SMILES string of the molecule is O=C(Nc1ccc(N2CCCCC2)cc1)C1CC(=O)N(Cc2ccc(F)cc2)C1. The molecule has 2 saturated heterocycles. The van der Waals surface area contributed by atoms with Crippen LogP contribution < -0.4 is 10.2 Å². The van der Waals surface area contributed by atoms with Crippen LogP contribution in [0.2, 0.25) is 0 Å². The zero-order valence-corrected chi connectivity index (χ0v) is 16.4. The summed E-state index contributed by atoms with van der Waals surface area (Å²) >= 11 is 0. The zero-order chi connectivity index (χ0) is 20.2. The van der Waals surface area contributed by atoms with Crippen LogP contribution in [0.5, 0.6) is 0 Å². The molecule has 0 aliphatic carbocycles. The fourth-order valence-corrected chi connectivity index (χ4v) is 4.06. The van der Waals surface area contributed by atoms with Gasteiger partial charge in [0.1, 0.15) is 5.82 Å². The van der Waals surface area contributed by atoms with Crippen molar-refractivity contribution in [2.45, 2.75) is 32.2 Å². The number of piperidine rings is 1. The average Bonchev–Trinajstić information content (AvgIpc) is 3.11. The molecule has 152 valence electrons. The summed E-state index contributed by atoms with van der Waals surface area (Å²) in [4.78, 5) is 29.0. The van der Waals surface area contributed by atoms with E-state index in [1.54, 1.807) is 17.0 Å². The van der Waals surface area contributed by atoms with Gasteiger partial charge in [0.05, 0.1) is 5.92 Å². The van der Waals surface area contributed by atoms with Gasteiger partial charge in [-0.3, -0.25) is 9.59 Å². The number of benzene rings is 2. The molecule has 2 aromatic carbocycles. The number of nitrogens with one attached hydrogen (secondary N) is 1. The van der Waals surface area contributed by atoms with Gasteiger partial charge in [-0.05, 0) is 61.2 Å². The molecule has 4 rings (SSSR count). The molecular formula is C23H26FN3O2. The van der Waals surface area contributed by atoms with Crippen LogP contribution in [0.1, 0.15) is 31.2 Å².